The lowest BCUT2D eigenvalue weighted by Crippen LogP contribution is -2.15. The number of carbonyl (C=O) groups excluding carboxylic acids is 1. The quantitative estimate of drug-likeness (QED) is 0.794. The molecule has 3 nitrogen and oxygen atoms in total. The van der Waals surface area contributed by atoms with Crippen LogP contribution in [0.2, 0.25) is 0 Å². The average molecular weight is 216 g/mol. The van der Waals surface area contributed by atoms with E-state index in [1.165, 1.54) is 0 Å². The number of aromatic amines is 1. The standard InChI is InChI=1S/C13H16N2O/c1-15(2)8-7-11-10-5-3-4-6-12(10)14-13(11)9-16/h3-6,9,14H,7-8H2,1-2H3. The van der Waals surface area contributed by atoms with Crippen LogP contribution in [0.3, 0.4) is 0 Å². The van der Waals surface area contributed by atoms with Gasteiger partial charge in [0.15, 0.2) is 6.29 Å². The van der Waals surface area contributed by atoms with Crippen LogP contribution in [0.15, 0.2) is 24.3 Å². The first-order chi connectivity index (χ1) is 7.72. The fraction of sp³-hybridized carbons (Fsp3) is 0.308. The molecule has 1 N–H and O–H groups in total. The second-order valence-electron chi connectivity index (χ2n) is 4.23. The molecule has 1 heterocycles. The Morgan fingerprint density at radius 1 is 1.31 bits per heavy atom. The lowest BCUT2D eigenvalue weighted by atomic mass is 10.1. The molecule has 0 unspecified atom stereocenters. The zero-order valence-electron chi connectivity index (χ0n) is 9.66. The van der Waals surface area contributed by atoms with Crippen molar-refractivity contribution in [2.24, 2.45) is 0 Å². The summed E-state index contributed by atoms with van der Waals surface area (Å²) in [7, 11) is 4.07. The van der Waals surface area contributed by atoms with Crippen molar-refractivity contribution in [2.45, 2.75) is 6.42 Å². The van der Waals surface area contributed by atoms with Gasteiger partial charge >= 0.3 is 0 Å². The van der Waals surface area contributed by atoms with Crippen LogP contribution in [0.1, 0.15) is 16.1 Å². The Bertz CT molecular complexity index is 500. The van der Waals surface area contributed by atoms with E-state index in [-0.39, 0.29) is 0 Å². The summed E-state index contributed by atoms with van der Waals surface area (Å²) in [6.45, 7) is 0.947. The van der Waals surface area contributed by atoms with Crippen molar-refractivity contribution < 1.29 is 4.79 Å². The van der Waals surface area contributed by atoms with E-state index in [1.807, 2.05) is 32.3 Å². The summed E-state index contributed by atoms with van der Waals surface area (Å²) >= 11 is 0. The van der Waals surface area contributed by atoms with Gasteiger partial charge in [0, 0.05) is 17.4 Å². The van der Waals surface area contributed by atoms with Crippen molar-refractivity contribution in [1.29, 1.82) is 0 Å². The summed E-state index contributed by atoms with van der Waals surface area (Å²) in [5.74, 6) is 0. The van der Waals surface area contributed by atoms with Crippen LogP contribution < -0.4 is 0 Å². The Morgan fingerprint density at radius 2 is 2.06 bits per heavy atom. The van der Waals surface area contributed by atoms with E-state index in [0.717, 1.165) is 35.7 Å². The second kappa shape index (κ2) is 4.49. The van der Waals surface area contributed by atoms with Crippen LogP contribution >= 0.6 is 0 Å². The molecule has 0 fully saturated rings. The number of carbonyl (C=O) groups is 1. The van der Waals surface area contributed by atoms with Gasteiger partial charge in [0.2, 0.25) is 0 Å². The first-order valence-electron chi connectivity index (χ1n) is 5.42. The number of hydrogen-bond donors (Lipinski definition) is 1. The molecule has 2 aromatic rings. The van der Waals surface area contributed by atoms with Crippen molar-refractivity contribution in [2.75, 3.05) is 20.6 Å². The maximum absolute atomic E-state index is 11.0. The minimum absolute atomic E-state index is 0.711. The lowest BCUT2D eigenvalue weighted by molar-refractivity contribution is 0.111. The minimum atomic E-state index is 0.711. The van der Waals surface area contributed by atoms with E-state index >= 15 is 0 Å². The van der Waals surface area contributed by atoms with Gasteiger partial charge in [0.25, 0.3) is 0 Å². The molecule has 0 aliphatic carbocycles. The fourth-order valence-corrected chi connectivity index (χ4v) is 1.93. The lowest BCUT2D eigenvalue weighted by Gasteiger charge is -2.08. The molecule has 0 saturated carbocycles. The summed E-state index contributed by atoms with van der Waals surface area (Å²) in [6, 6.07) is 8.04. The molecule has 0 bridgehead atoms. The Balaban J connectivity index is 2.43. The topological polar surface area (TPSA) is 36.1 Å². The van der Waals surface area contributed by atoms with Crippen molar-refractivity contribution in [3.63, 3.8) is 0 Å². The Hall–Kier alpha value is -1.61. The van der Waals surface area contributed by atoms with Crippen molar-refractivity contribution in [3.8, 4) is 0 Å². The van der Waals surface area contributed by atoms with E-state index in [4.69, 9.17) is 0 Å². The molecule has 16 heavy (non-hydrogen) atoms. The smallest absolute Gasteiger partial charge is 0.166 e. The van der Waals surface area contributed by atoms with Crippen molar-refractivity contribution in [3.05, 3.63) is 35.5 Å². The number of fused-ring (bicyclic) bond motifs is 1. The molecule has 0 radical (unpaired) electrons. The van der Waals surface area contributed by atoms with Crippen LogP contribution in [0, 0.1) is 0 Å². The molecule has 0 atom stereocenters. The van der Waals surface area contributed by atoms with Crippen LogP contribution in [0.25, 0.3) is 10.9 Å². The summed E-state index contributed by atoms with van der Waals surface area (Å²) in [4.78, 5) is 16.3. The fourth-order valence-electron chi connectivity index (χ4n) is 1.93. The first kappa shape index (κ1) is 10.9. The first-order valence-corrected chi connectivity index (χ1v) is 5.42. The van der Waals surface area contributed by atoms with Crippen LogP contribution in [0.4, 0.5) is 0 Å². The highest BCUT2D eigenvalue weighted by Gasteiger charge is 2.10. The number of aldehydes is 1. The Morgan fingerprint density at radius 3 is 2.75 bits per heavy atom. The number of rotatable bonds is 4. The molecular formula is C13H16N2O. The van der Waals surface area contributed by atoms with Gasteiger partial charge in [-0.2, -0.15) is 0 Å². The summed E-state index contributed by atoms with van der Waals surface area (Å²) in [5, 5.41) is 1.16. The molecule has 0 aliphatic heterocycles. The predicted molar refractivity (Wildman–Crippen MR) is 65.9 cm³/mol. The number of nitrogens with one attached hydrogen (secondary N) is 1. The molecule has 2 rings (SSSR count). The van der Waals surface area contributed by atoms with Gasteiger partial charge in [-0.1, -0.05) is 18.2 Å². The highest BCUT2D eigenvalue weighted by Crippen LogP contribution is 2.21. The van der Waals surface area contributed by atoms with E-state index in [0.29, 0.717) is 5.69 Å². The number of benzene rings is 1. The third-order valence-electron chi connectivity index (χ3n) is 2.77. The largest absolute Gasteiger partial charge is 0.352 e. The number of nitrogens with zero attached hydrogens (tertiary/aromatic N) is 1. The van der Waals surface area contributed by atoms with E-state index in [2.05, 4.69) is 16.0 Å². The molecule has 3 heteroatoms. The Kier molecular flexibility index (Phi) is 3.06. The number of aromatic nitrogens is 1. The highest BCUT2D eigenvalue weighted by atomic mass is 16.1. The number of para-hydroxylation sites is 1. The maximum atomic E-state index is 11.0. The van der Waals surface area contributed by atoms with Gasteiger partial charge in [-0.05, 0) is 32.1 Å². The zero-order chi connectivity index (χ0) is 11.5. The molecule has 1 aromatic carbocycles. The van der Waals surface area contributed by atoms with E-state index < -0.39 is 0 Å². The third kappa shape index (κ3) is 1.99. The minimum Gasteiger partial charge on any atom is -0.352 e. The van der Waals surface area contributed by atoms with Crippen LogP contribution in [0.5, 0.6) is 0 Å². The maximum Gasteiger partial charge on any atom is 0.166 e. The van der Waals surface area contributed by atoms with Gasteiger partial charge in [-0.3, -0.25) is 4.79 Å². The summed E-state index contributed by atoms with van der Waals surface area (Å²) in [6.07, 6.45) is 1.80. The molecule has 0 spiro atoms. The summed E-state index contributed by atoms with van der Waals surface area (Å²) < 4.78 is 0. The highest BCUT2D eigenvalue weighted by molar-refractivity contribution is 5.92. The van der Waals surface area contributed by atoms with E-state index in [1.54, 1.807) is 0 Å². The number of likely N-dealkylation sites (N-methyl/N-ethyl adjacent to an activating group) is 1. The Labute approximate surface area is 95.1 Å². The molecule has 0 aliphatic rings. The van der Waals surface area contributed by atoms with Gasteiger partial charge in [0.1, 0.15) is 0 Å². The molecule has 0 saturated heterocycles. The molecule has 1 aromatic heterocycles. The molecule has 84 valence electrons. The predicted octanol–water partition coefficient (Wildman–Crippen LogP) is 2.08. The molecular weight excluding hydrogens is 200 g/mol. The number of hydrogen-bond acceptors (Lipinski definition) is 2. The SMILES string of the molecule is CN(C)CCc1c(C=O)[nH]c2ccccc12. The molecule has 0 amide bonds. The average Bonchev–Trinajstić information content (AvgIpc) is 2.64. The summed E-state index contributed by atoms with van der Waals surface area (Å²) in [5.41, 5.74) is 2.88. The van der Waals surface area contributed by atoms with Gasteiger partial charge in [-0.25, -0.2) is 0 Å². The van der Waals surface area contributed by atoms with Crippen molar-refractivity contribution >= 4 is 17.2 Å². The van der Waals surface area contributed by atoms with Crippen LogP contribution in [-0.2, 0) is 6.42 Å². The van der Waals surface area contributed by atoms with Gasteiger partial charge < -0.3 is 9.88 Å². The zero-order valence-corrected chi connectivity index (χ0v) is 9.66. The third-order valence-corrected chi connectivity index (χ3v) is 2.77. The van der Waals surface area contributed by atoms with Gasteiger partial charge in [-0.15, -0.1) is 0 Å². The monoisotopic (exact) mass is 216 g/mol. The van der Waals surface area contributed by atoms with E-state index in [9.17, 15) is 4.79 Å². The normalized spacial score (nSPS) is 11.2. The number of H-pyrrole nitrogens is 1. The van der Waals surface area contributed by atoms with Gasteiger partial charge in [0.05, 0.1) is 5.69 Å². The van der Waals surface area contributed by atoms with Crippen LogP contribution in [-0.4, -0.2) is 36.8 Å². The van der Waals surface area contributed by atoms with Crippen molar-refractivity contribution in [1.82, 2.24) is 9.88 Å². The second-order valence-corrected chi connectivity index (χ2v) is 4.23.